The molecule has 0 aromatic carbocycles. The van der Waals surface area contributed by atoms with Crippen molar-refractivity contribution in [1.82, 2.24) is 19.8 Å². The molecule has 0 bridgehead atoms. The minimum absolute atomic E-state index is 0.0256. The Labute approximate surface area is 186 Å². The van der Waals surface area contributed by atoms with Crippen LogP contribution in [-0.4, -0.2) is 76.3 Å². The number of carbonyl (C=O) groups excluding carboxylic acids is 3. The van der Waals surface area contributed by atoms with Gasteiger partial charge in [0.1, 0.15) is 11.5 Å². The van der Waals surface area contributed by atoms with Gasteiger partial charge in [0.05, 0.1) is 18.2 Å². The topological polar surface area (TPSA) is 116 Å². The summed E-state index contributed by atoms with van der Waals surface area (Å²) >= 11 is 0. The number of Topliss-reactive ketones (excluding diaryl/α,β-unsaturated/α-hetero) is 1. The van der Waals surface area contributed by atoms with E-state index in [0.717, 1.165) is 0 Å². The van der Waals surface area contributed by atoms with Gasteiger partial charge in [0.25, 0.3) is 11.7 Å². The van der Waals surface area contributed by atoms with Crippen LogP contribution in [0.25, 0.3) is 5.76 Å². The number of H-pyrrole nitrogens is 1. The number of likely N-dealkylation sites (N-methyl/N-ethyl adjacent to an activating group) is 1. The monoisotopic (exact) mass is 440 g/mol. The molecule has 1 atom stereocenters. The highest BCUT2D eigenvalue weighted by atomic mass is 16.5. The minimum atomic E-state index is -0.789. The number of aryl methyl sites for hydroxylation is 1. The van der Waals surface area contributed by atoms with Crippen LogP contribution in [0.4, 0.5) is 0 Å². The zero-order valence-corrected chi connectivity index (χ0v) is 18.9. The fourth-order valence-electron chi connectivity index (χ4n) is 3.95. The van der Waals surface area contributed by atoms with Crippen LogP contribution in [0.3, 0.4) is 0 Å². The van der Waals surface area contributed by atoms with Crippen molar-refractivity contribution in [3.63, 3.8) is 0 Å². The third-order valence-electron chi connectivity index (χ3n) is 5.48. The largest absolute Gasteiger partial charge is 0.507 e. The van der Waals surface area contributed by atoms with E-state index in [1.807, 2.05) is 19.0 Å². The Morgan fingerprint density at radius 2 is 2.03 bits per heavy atom. The summed E-state index contributed by atoms with van der Waals surface area (Å²) in [6, 6.07) is 2.69. The van der Waals surface area contributed by atoms with Gasteiger partial charge in [0.2, 0.25) is 0 Å². The summed E-state index contributed by atoms with van der Waals surface area (Å²) in [7, 11) is 3.75. The Balaban J connectivity index is 2.18. The summed E-state index contributed by atoms with van der Waals surface area (Å²) < 4.78 is 5.07. The smallest absolute Gasteiger partial charge is 0.355 e. The number of likely N-dealkylation sites (tertiary alicyclic amines) is 1. The molecule has 0 aliphatic carbocycles. The highest BCUT2D eigenvalue weighted by Gasteiger charge is 2.46. The number of hydrogen-bond donors (Lipinski definition) is 2. The Bertz CT molecular complexity index is 1070. The van der Waals surface area contributed by atoms with Crippen LogP contribution in [0.1, 0.15) is 45.8 Å². The van der Waals surface area contributed by atoms with Gasteiger partial charge in [-0.2, -0.15) is 0 Å². The predicted molar refractivity (Wildman–Crippen MR) is 118 cm³/mol. The number of nitrogens with one attached hydrogen (secondary N) is 1. The van der Waals surface area contributed by atoms with Gasteiger partial charge >= 0.3 is 5.97 Å². The molecule has 1 unspecified atom stereocenters. The van der Waals surface area contributed by atoms with Crippen LogP contribution in [0.2, 0.25) is 0 Å². The zero-order chi connectivity index (χ0) is 23.6. The maximum Gasteiger partial charge on any atom is 0.355 e. The Morgan fingerprint density at radius 1 is 1.31 bits per heavy atom. The van der Waals surface area contributed by atoms with Crippen molar-refractivity contribution in [1.29, 1.82) is 0 Å². The predicted octanol–water partition coefficient (Wildman–Crippen LogP) is 2.19. The fraction of sp³-hybridized carbons (Fsp3) is 0.391. The molecule has 3 rings (SSSR count). The van der Waals surface area contributed by atoms with Crippen molar-refractivity contribution < 1.29 is 24.2 Å². The van der Waals surface area contributed by atoms with Gasteiger partial charge in [-0.15, -0.1) is 0 Å². The Morgan fingerprint density at radius 3 is 2.62 bits per heavy atom. The van der Waals surface area contributed by atoms with Gasteiger partial charge in [0, 0.05) is 36.7 Å². The molecular formula is C23H28N4O5. The van der Waals surface area contributed by atoms with E-state index < -0.39 is 23.7 Å². The molecule has 3 heterocycles. The fourth-order valence-corrected chi connectivity index (χ4v) is 3.95. The summed E-state index contributed by atoms with van der Waals surface area (Å²) in [6.45, 7) is 6.09. The van der Waals surface area contributed by atoms with E-state index in [0.29, 0.717) is 35.5 Å². The van der Waals surface area contributed by atoms with Crippen molar-refractivity contribution in [3.05, 3.63) is 58.2 Å². The standard InChI is InChI=1S/C23H28N4O5/c1-6-32-23(31)18-13(2)16(14(3)25-18)20(28)17-19(15-8-7-9-24-12-15)27(11-10-26(4)5)22(30)21(17)29/h7-9,12,19,25,28H,6,10-11H2,1-5H3/b20-17+. The van der Waals surface area contributed by atoms with E-state index in [1.165, 1.54) is 4.90 Å². The van der Waals surface area contributed by atoms with Crippen molar-refractivity contribution in [2.24, 2.45) is 0 Å². The molecular weight excluding hydrogens is 412 g/mol. The van der Waals surface area contributed by atoms with E-state index in [2.05, 4.69) is 9.97 Å². The molecule has 1 amide bonds. The third-order valence-corrected chi connectivity index (χ3v) is 5.48. The molecule has 9 nitrogen and oxygen atoms in total. The number of ketones is 1. The van der Waals surface area contributed by atoms with Gasteiger partial charge in [-0.3, -0.25) is 14.6 Å². The van der Waals surface area contributed by atoms with E-state index in [9.17, 15) is 19.5 Å². The Hall–Kier alpha value is -3.46. The second-order valence-corrected chi connectivity index (χ2v) is 7.93. The molecule has 0 spiro atoms. The molecule has 170 valence electrons. The van der Waals surface area contributed by atoms with Crippen LogP contribution in [0, 0.1) is 13.8 Å². The maximum atomic E-state index is 13.1. The number of aliphatic hydroxyl groups excluding tert-OH is 1. The summed E-state index contributed by atoms with van der Waals surface area (Å²) in [5.74, 6) is -2.33. The molecule has 32 heavy (non-hydrogen) atoms. The van der Waals surface area contributed by atoms with Crippen LogP contribution in [0.5, 0.6) is 0 Å². The third kappa shape index (κ3) is 4.16. The van der Waals surface area contributed by atoms with Crippen LogP contribution in [0.15, 0.2) is 30.1 Å². The lowest BCUT2D eigenvalue weighted by molar-refractivity contribution is -0.140. The molecule has 0 saturated carbocycles. The molecule has 2 aromatic heterocycles. The first kappa shape index (κ1) is 23.2. The number of nitrogens with zero attached hydrogens (tertiary/aromatic N) is 3. The van der Waals surface area contributed by atoms with Crippen molar-refractivity contribution in [3.8, 4) is 0 Å². The van der Waals surface area contributed by atoms with Crippen LogP contribution >= 0.6 is 0 Å². The summed E-state index contributed by atoms with van der Waals surface area (Å²) in [6.07, 6.45) is 3.18. The second kappa shape index (κ2) is 9.35. The van der Waals surface area contributed by atoms with Gasteiger partial charge < -0.3 is 24.6 Å². The normalized spacial score (nSPS) is 17.9. The molecule has 2 N–H and O–H groups in total. The van der Waals surface area contributed by atoms with E-state index in [1.54, 1.807) is 45.3 Å². The number of esters is 1. The number of pyridine rings is 1. The number of ether oxygens (including phenoxy) is 1. The molecule has 1 aliphatic heterocycles. The van der Waals surface area contributed by atoms with E-state index in [-0.39, 0.29) is 23.6 Å². The first-order valence-electron chi connectivity index (χ1n) is 10.4. The highest BCUT2D eigenvalue weighted by Crippen LogP contribution is 2.40. The van der Waals surface area contributed by atoms with Crippen molar-refractivity contribution >= 4 is 23.4 Å². The average Bonchev–Trinajstić information content (AvgIpc) is 3.19. The van der Waals surface area contributed by atoms with E-state index >= 15 is 0 Å². The van der Waals surface area contributed by atoms with Crippen LogP contribution < -0.4 is 0 Å². The number of hydrogen-bond acceptors (Lipinski definition) is 7. The summed E-state index contributed by atoms with van der Waals surface area (Å²) in [5.41, 5.74) is 2.04. The van der Waals surface area contributed by atoms with Crippen LogP contribution in [-0.2, 0) is 14.3 Å². The molecule has 0 radical (unpaired) electrons. The van der Waals surface area contributed by atoms with E-state index in [4.69, 9.17) is 4.74 Å². The molecule has 1 saturated heterocycles. The highest BCUT2D eigenvalue weighted by molar-refractivity contribution is 6.46. The number of aromatic amines is 1. The number of rotatable bonds is 7. The number of carbonyl (C=O) groups is 3. The van der Waals surface area contributed by atoms with Gasteiger partial charge in [-0.1, -0.05) is 6.07 Å². The molecule has 1 fully saturated rings. The number of aliphatic hydroxyl groups is 1. The minimum Gasteiger partial charge on any atom is -0.507 e. The first-order chi connectivity index (χ1) is 15.2. The first-order valence-corrected chi connectivity index (χ1v) is 10.4. The molecule has 2 aromatic rings. The second-order valence-electron chi connectivity index (χ2n) is 7.93. The van der Waals surface area contributed by atoms with Gasteiger partial charge in [-0.05, 0) is 52.1 Å². The SMILES string of the molecule is CCOC(=O)c1[nH]c(C)c(/C(O)=C2\C(=O)C(=O)N(CCN(C)C)C2c2cccnc2)c1C. The lowest BCUT2D eigenvalue weighted by Gasteiger charge is -2.26. The average molecular weight is 441 g/mol. The molecule has 9 heteroatoms. The Kier molecular flexibility index (Phi) is 6.78. The maximum absolute atomic E-state index is 13.1. The van der Waals surface area contributed by atoms with Gasteiger partial charge in [0.15, 0.2) is 0 Å². The molecule has 1 aliphatic rings. The zero-order valence-electron chi connectivity index (χ0n) is 18.9. The quantitative estimate of drug-likeness (QED) is 0.293. The summed E-state index contributed by atoms with van der Waals surface area (Å²) in [4.78, 5) is 48.7. The van der Waals surface area contributed by atoms with Crippen molar-refractivity contribution in [2.45, 2.75) is 26.8 Å². The number of amides is 1. The summed E-state index contributed by atoms with van der Waals surface area (Å²) in [5, 5.41) is 11.3. The van der Waals surface area contributed by atoms with Gasteiger partial charge in [-0.25, -0.2) is 4.79 Å². The number of aromatic nitrogens is 2. The lowest BCUT2D eigenvalue weighted by Crippen LogP contribution is -2.35. The van der Waals surface area contributed by atoms with Crippen molar-refractivity contribution in [2.75, 3.05) is 33.8 Å². The lowest BCUT2D eigenvalue weighted by atomic mass is 9.95.